The number of rotatable bonds is 3. The molecule has 0 aliphatic heterocycles. The van der Waals surface area contributed by atoms with Crippen molar-refractivity contribution in [3.63, 3.8) is 0 Å². The lowest BCUT2D eigenvalue weighted by Crippen LogP contribution is -2.24. The lowest BCUT2D eigenvalue weighted by molar-refractivity contribution is -0.386. The van der Waals surface area contributed by atoms with Crippen LogP contribution in [0.3, 0.4) is 0 Å². The number of ether oxygens (including phenoxy) is 1. The summed E-state index contributed by atoms with van der Waals surface area (Å²) >= 11 is 0. The molecule has 1 N–H and O–H groups in total. The van der Waals surface area contributed by atoms with Gasteiger partial charge in [-0.25, -0.2) is 4.98 Å². The zero-order valence-corrected chi connectivity index (χ0v) is 9.64. The average molecular weight is 226 g/mol. The molecular formula is C9H14N4O3. The fourth-order valence-corrected chi connectivity index (χ4v) is 0.971. The Kier molecular flexibility index (Phi) is 3.26. The van der Waals surface area contributed by atoms with E-state index < -0.39 is 10.5 Å². The zero-order valence-electron chi connectivity index (χ0n) is 9.64. The standard InChI is InChI=1S/C9H14N4O3/c1-9(2,3)16-7-6(13(14)15)5-11-8(10-4)12-7/h5H,1-4H3,(H,10,11,12). The molecule has 1 aromatic heterocycles. The van der Waals surface area contributed by atoms with Crippen molar-refractivity contribution in [2.45, 2.75) is 26.4 Å². The summed E-state index contributed by atoms with van der Waals surface area (Å²) in [5.41, 5.74) is -0.793. The molecule has 1 aromatic rings. The normalized spacial score (nSPS) is 11.0. The molecule has 7 nitrogen and oxygen atoms in total. The van der Waals surface area contributed by atoms with Crippen LogP contribution in [0.25, 0.3) is 0 Å². The van der Waals surface area contributed by atoms with Gasteiger partial charge in [-0.2, -0.15) is 4.98 Å². The van der Waals surface area contributed by atoms with E-state index in [2.05, 4.69) is 15.3 Å². The molecule has 0 spiro atoms. The molecule has 0 aliphatic carbocycles. The minimum atomic E-state index is -0.569. The number of hydrogen-bond donors (Lipinski definition) is 1. The largest absolute Gasteiger partial charge is 0.467 e. The molecule has 0 bridgehead atoms. The Morgan fingerprint density at radius 1 is 1.50 bits per heavy atom. The Morgan fingerprint density at radius 2 is 2.12 bits per heavy atom. The van der Waals surface area contributed by atoms with E-state index in [1.165, 1.54) is 0 Å². The Morgan fingerprint density at radius 3 is 2.56 bits per heavy atom. The van der Waals surface area contributed by atoms with Crippen molar-refractivity contribution in [3.8, 4) is 5.88 Å². The van der Waals surface area contributed by atoms with Crippen molar-refractivity contribution in [3.05, 3.63) is 16.3 Å². The van der Waals surface area contributed by atoms with Gasteiger partial charge >= 0.3 is 5.69 Å². The van der Waals surface area contributed by atoms with Crippen molar-refractivity contribution in [2.75, 3.05) is 12.4 Å². The topological polar surface area (TPSA) is 90.2 Å². The SMILES string of the molecule is CNc1ncc([N+](=O)[O-])c(OC(C)(C)C)n1. The smallest absolute Gasteiger partial charge is 0.349 e. The summed E-state index contributed by atoms with van der Waals surface area (Å²) in [6.07, 6.45) is 1.12. The van der Waals surface area contributed by atoms with Crippen LogP contribution in [-0.2, 0) is 0 Å². The summed E-state index contributed by atoms with van der Waals surface area (Å²) in [4.78, 5) is 17.8. The molecular weight excluding hydrogens is 212 g/mol. The third-order valence-corrected chi connectivity index (χ3v) is 1.56. The second-order valence-corrected chi connectivity index (χ2v) is 4.11. The Bertz CT molecular complexity index is 400. The fourth-order valence-electron chi connectivity index (χ4n) is 0.971. The Labute approximate surface area is 93.0 Å². The molecule has 0 saturated carbocycles. The average Bonchev–Trinajstić information content (AvgIpc) is 2.14. The van der Waals surface area contributed by atoms with Gasteiger partial charge in [-0.15, -0.1) is 0 Å². The van der Waals surface area contributed by atoms with E-state index in [9.17, 15) is 10.1 Å². The predicted molar refractivity (Wildman–Crippen MR) is 58.6 cm³/mol. The molecule has 0 unspecified atom stereocenters. The maximum Gasteiger partial charge on any atom is 0.349 e. The van der Waals surface area contributed by atoms with Crippen LogP contribution in [0.2, 0.25) is 0 Å². The van der Waals surface area contributed by atoms with Gasteiger partial charge in [0.15, 0.2) is 0 Å². The fraction of sp³-hybridized carbons (Fsp3) is 0.556. The van der Waals surface area contributed by atoms with Crippen LogP contribution in [0.15, 0.2) is 6.20 Å². The van der Waals surface area contributed by atoms with E-state index in [1.54, 1.807) is 27.8 Å². The second kappa shape index (κ2) is 4.30. The summed E-state index contributed by atoms with van der Waals surface area (Å²) in [7, 11) is 1.63. The van der Waals surface area contributed by atoms with E-state index in [1.807, 2.05) is 0 Å². The number of nitrogens with zero attached hydrogens (tertiary/aromatic N) is 3. The van der Waals surface area contributed by atoms with Gasteiger partial charge in [0, 0.05) is 7.05 Å². The van der Waals surface area contributed by atoms with Crippen LogP contribution in [0, 0.1) is 10.1 Å². The van der Waals surface area contributed by atoms with Crippen molar-refractivity contribution in [2.24, 2.45) is 0 Å². The molecule has 0 fully saturated rings. The molecule has 0 aromatic carbocycles. The van der Waals surface area contributed by atoms with E-state index in [0.29, 0.717) is 0 Å². The summed E-state index contributed by atoms with van der Waals surface area (Å²) in [5, 5.41) is 13.4. The van der Waals surface area contributed by atoms with Gasteiger partial charge in [-0.3, -0.25) is 10.1 Å². The van der Waals surface area contributed by atoms with E-state index in [0.717, 1.165) is 6.20 Å². The van der Waals surface area contributed by atoms with Crippen LogP contribution in [-0.4, -0.2) is 27.5 Å². The summed E-state index contributed by atoms with van der Waals surface area (Å²) in [6.45, 7) is 5.37. The van der Waals surface area contributed by atoms with Crippen molar-refractivity contribution in [1.29, 1.82) is 0 Å². The molecule has 0 aliphatic rings. The zero-order chi connectivity index (χ0) is 12.3. The number of hydrogen-bond acceptors (Lipinski definition) is 6. The van der Waals surface area contributed by atoms with Crippen molar-refractivity contribution < 1.29 is 9.66 Å². The first-order valence-electron chi connectivity index (χ1n) is 4.71. The molecule has 1 heterocycles. The molecule has 0 atom stereocenters. The highest BCUT2D eigenvalue weighted by Gasteiger charge is 2.23. The van der Waals surface area contributed by atoms with Gasteiger partial charge < -0.3 is 10.1 Å². The highest BCUT2D eigenvalue weighted by molar-refractivity contribution is 5.43. The Balaban J connectivity index is 3.15. The van der Waals surface area contributed by atoms with Gasteiger partial charge in [0.1, 0.15) is 11.8 Å². The number of aromatic nitrogens is 2. The van der Waals surface area contributed by atoms with Gasteiger partial charge in [0.2, 0.25) is 5.95 Å². The molecule has 0 amide bonds. The highest BCUT2D eigenvalue weighted by atomic mass is 16.6. The number of nitrogens with one attached hydrogen (secondary N) is 1. The van der Waals surface area contributed by atoms with Crippen LogP contribution in [0.5, 0.6) is 5.88 Å². The van der Waals surface area contributed by atoms with E-state index in [-0.39, 0.29) is 17.5 Å². The first-order chi connectivity index (χ1) is 7.33. The highest BCUT2D eigenvalue weighted by Crippen LogP contribution is 2.27. The maximum absolute atomic E-state index is 10.7. The van der Waals surface area contributed by atoms with Crippen molar-refractivity contribution >= 4 is 11.6 Å². The van der Waals surface area contributed by atoms with Crippen LogP contribution < -0.4 is 10.1 Å². The molecule has 16 heavy (non-hydrogen) atoms. The molecule has 1 rings (SSSR count). The quantitative estimate of drug-likeness (QED) is 0.621. The van der Waals surface area contributed by atoms with Crippen LogP contribution in [0.1, 0.15) is 20.8 Å². The minimum absolute atomic E-state index is 0.0307. The summed E-state index contributed by atoms with van der Waals surface area (Å²) in [5.74, 6) is 0.252. The summed E-state index contributed by atoms with van der Waals surface area (Å²) in [6, 6.07) is 0. The summed E-state index contributed by atoms with van der Waals surface area (Å²) < 4.78 is 5.40. The van der Waals surface area contributed by atoms with Crippen molar-refractivity contribution in [1.82, 2.24) is 9.97 Å². The lowest BCUT2D eigenvalue weighted by atomic mass is 10.2. The molecule has 0 radical (unpaired) electrons. The third-order valence-electron chi connectivity index (χ3n) is 1.56. The van der Waals surface area contributed by atoms with Gasteiger partial charge in [0.25, 0.3) is 5.88 Å². The van der Waals surface area contributed by atoms with Gasteiger partial charge in [-0.05, 0) is 20.8 Å². The maximum atomic E-state index is 10.7. The number of anilines is 1. The van der Waals surface area contributed by atoms with Gasteiger partial charge in [0.05, 0.1) is 4.92 Å². The Hall–Kier alpha value is -1.92. The van der Waals surface area contributed by atoms with Gasteiger partial charge in [-0.1, -0.05) is 0 Å². The second-order valence-electron chi connectivity index (χ2n) is 4.11. The van der Waals surface area contributed by atoms with E-state index in [4.69, 9.17) is 4.74 Å². The molecule has 0 saturated heterocycles. The lowest BCUT2D eigenvalue weighted by Gasteiger charge is -2.19. The molecule has 7 heteroatoms. The van der Waals surface area contributed by atoms with Crippen LogP contribution in [0.4, 0.5) is 11.6 Å². The first-order valence-corrected chi connectivity index (χ1v) is 4.71. The monoisotopic (exact) mass is 226 g/mol. The van der Waals surface area contributed by atoms with Crippen LogP contribution >= 0.6 is 0 Å². The predicted octanol–water partition coefficient (Wildman–Crippen LogP) is 1.60. The first kappa shape index (κ1) is 12.2. The molecule has 88 valence electrons. The minimum Gasteiger partial charge on any atom is -0.467 e. The van der Waals surface area contributed by atoms with E-state index >= 15 is 0 Å². The number of nitro groups is 1. The third kappa shape index (κ3) is 3.04.